The number of aromatic hydroxyl groups is 1. The lowest BCUT2D eigenvalue weighted by Crippen LogP contribution is -2.04. The quantitative estimate of drug-likeness (QED) is 0.787. The zero-order valence-electron chi connectivity index (χ0n) is 11.4. The molecule has 0 radical (unpaired) electrons. The monoisotopic (exact) mass is 268 g/mol. The molecule has 0 aliphatic rings. The van der Waals surface area contributed by atoms with E-state index in [1.54, 1.807) is 18.2 Å². The molecule has 2 aromatic carbocycles. The highest BCUT2D eigenvalue weighted by atomic mass is 16.3. The third-order valence-corrected chi connectivity index (χ3v) is 3.26. The number of rotatable bonds is 6. The number of aryl methyl sites for hydroxylation is 1. The fourth-order valence-electron chi connectivity index (χ4n) is 2.09. The second-order valence-electron chi connectivity index (χ2n) is 4.85. The Morgan fingerprint density at radius 3 is 2.40 bits per heavy atom. The van der Waals surface area contributed by atoms with Gasteiger partial charge < -0.3 is 10.2 Å². The average molecular weight is 268 g/mol. The van der Waals surface area contributed by atoms with Crippen LogP contribution in [-0.2, 0) is 12.8 Å². The van der Waals surface area contributed by atoms with E-state index in [-0.39, 0.29) is 0 Å². The van der Waals surface area contributed by atoms with Gasteiger partial charge in [0.2, 0.25) is 0 Å². The molecule has 0 saturated heterocycles. The zero-order chi connectivity index (χ0) is 14.2. The van der Waals surface area contributed by atoms with Gasteiger partial charge in [-0.25, -0.2) is 0 Å². The van der Waals surface area contributed by atoms with Crippen molar-refractivity contribution in [1.82, 2.24) is 0 Å². The molecule has 2 rings (SSSR count). The second-order valence-corrected chi connectivity index (χ2v) is 4.85. The first-order valence-corrected chi connectivity index (χ1v) is 6.91. The SMILES string of the molecule is Oc1ccccc1C/C=C/[C@H](O)CCc1ccccc1. The zero-order valence-corrected chi connectivity index (χ0v) is 11.4. The van der Waals surface area contributed by atoms with E-state index in [4.69, 9.17) is 0 Å². The van der Waals surface area contributed by atoms with E-state index >= 15 is 0 Å². The number of phenolic OH excluding ortho intramolecular Hbond substituents is 1. The molecule has 0 aromatic heterocycles. The summed E-state index contributed by atoms with van der Waals surface area (Å²) in [5.74, 6) is 0.302. The Labute approximate surface area is 120 Å². The summed E-state index contributed by atoms with van der Waals surface area (Å²) in [7, 11) is 0. The minimum absolute atomic E-state index is 0.302. The summed E-state index contributed by atoms with van der Waals surface area (Å²) in [4.78, 5) is 0. The highest BCUT2D eigenvalue weighted by Gasteiger charge is 2.01. The third kappa shape index (κ3) is 4.56. The standard InChI is InChI=1S/C18H20O2/c19-17(14-13-15-7-2-1-3-8-15)11-6-10-16-9-4-5-12-18(16)20/h1-9,11-12,17,19-20H,10,13-14H2/b11-6+/t17-/m0/s1. The van der Waals surface area contributed by atoms with Crippen molar-refractivity contribution in [3.63, 3.8) is 0 Å². The topological polar surface area (TPSA) is 40.5 Å². The maximum absolute atomic E-state index is 9.91. The van der Waals surface area contributed by atoms with Gasteiger partial charge in [0.1, 0.15) is 5.75 Å². The van der Waals surface area contributed by atoms with Crippen molar-refractivity contribution < 1.29 is 10.2 Å². The summed E-state index contributed by atoms with van der Waals surface area (Å²) in [6.45, 7) is 0. The molecule has 20 heavy (non-hydrogen) atoms. The van der Waals surface area contributed by atoms with E-state index in [1.807, 2.05) is 36.4 Å². The van der Waals surface area contributed by atoms with E-state index in [0.29, 0.717) is 18.6 Å². The van der Waals surface area contributed by atoms with Gasteiger partial charge in [-0.05, 0) is 36.5 Å². The number of para-hydroxylation sites is 1. The maximum Gasteiger partial charge on any atom is 0.119 e. The van der Waals surface area contributed by atoms with Gasteiger partial charge in [0, 0.05) is 0 Å². The van der Waals surface area contributed by atoms with E-state index in [9.17, 15) is 10.2 Å². The number of benzene rings is 2. The van der Waals surface area contributed by atoms with Crippen LogP contribution in [0.4, 0.5) is 0 Å². The van der Waals surface area contributed by atoms with Crippen LogP contribution in [0, 0.1) is 0 Å². The summed E-state index contributed by atoms with van der Waals surface area (Å²) < 4.78 is 0. The molecule has 0 fully saturated rings. The van der Waals surface area contributed by atoms with Crippen molar-refractivity contribution in [2.24, 2.45) is 0 Å². The lowest BCUT2D eigenvalue weighted by Gasteiger charge is -2.06. The predicted molar refractivity (Wildman–Crippen MR) is 81.7 cm³/mol. The number of hydrogen-bond donors (Lipinski definition) is 2. The van der Waals surface area contributed by atoms with E-state index in [1.165, 1.54) is 5.56 Å². The minimum atomic E-state index is -0.443. The largest absolute Gasteiger partial charge is 0.508 e. The molecule has 0 unspecified atom stereocenters. The Hall–Kier alpha value is -2.06. The van der Waals surface area contributed by atoms with E-state index in [0.717, 1.165) is 12.0 Å². The van der Waals surface area contributed by atoms with Crippen LogP contribution in [0.25, 0.3) is 0 Å². The number of phenols is 1. The van der Waals surface area contributed by atoms with Crippen molar-refractivity contribution in [3.8, 4) is 5.75 Å². The fraction of sp³-hybridized carbons (Fsp3) is 0.222. The molecular weight excluding hydrogens is 248 g/mol. The number of aliphatic hydroxyl groups is 1. The lowest BCUT2D eigenvalue weighted by molar-refractivity contribution is 0.213. The first-order valence-electron chi connectivity index (χ1n) is 6.91. The van der Waals surface area contributed by atoms with Crippen LogP contribution in [-0.4, -0.2) is 16.3 Å². The maximum atomic E-state index is 9.91. The molecule has 0 spiro atoms. The lowest BCUT2D eigenvalue weighted by atomic mass is 10.1. The van der Waals surface area contributed by atoms with Crippen molar-refractivity contribution in [2.75, 3.05) is 0 Å². The van der Waals surface area contributed by atoms with Crippen molar-refractivity contribution in [3.05, 3.63) is 77.9 Å². The number of hydrogen-bond acceptors (Lipinski definition) is 2. The Morgan fingerprint density at radius 2 is 1.65 bits per heavy atom. The molecule has 0 amide bonds. The van der Waals surface area contributed by atoms with Crippen LogP contribution in [0.5, 0.6) is 5.75 Å². The van der Waals surface area contributed by atoms with Gasteiger partial charge in [-0.15, -0.1) is 0 Å². The average Bonchev–Trinajstić information content (AvgIpc) is 2.48. The van der Waals surface area contributed by atoms with Crippen LogP contribution in [0.3, 0.4) is 0 Å². The predicted octanol–water partition coefficient (Wildman–Crippen LogP) is 3.48. The Morgan fingerprint density at radius 1 is 0.950 bits per heavy atom. The minimum Gasteiger partial charge on any atom is -0.508 e. The molecular formula is C18H20O2. The summed E-state index contributed by atoms with van der Waals surface area (Å²) in [5, 5.41) is 19.5. The van der Waals surface area contributed by atoms with Gasteiger partial charge in [-0.2, -0.15) is 0 Å². The highest BCUT2D eigenvalue weighted by Crippen LogP contribution is 2.16. The summed E-state index contributed by atoms with van der Waals surface area (Å²) in [6, 6.07) is 17.4. The molecule has 0 bridgehead atoms. The molecule has 2 nitrogen and oxygen atoms in total. The summed E-state index contributed by atoms with van der Waals surface area (Å²) >= 11 is 0. The van der Waals surface area contributed by atoms with Crippen molar-refractivity contribution >= 4 is 0 Å². The Bertz CT molecular complexity index is 546. The molecule has 0 heterocycles. The van der Waals surface area contributed by atoms with Crippen LogP contribution in [0.2, 0.25) is 0 Å². The van der Waals surface area contributed by atoms with Crippen LogP contribution in [0.15, 0.2) is 66.7 Å². The first kappa shape index (κ1) is 14.4. The fourth-order valence-corrected chi connectivity index (χ4v) is 2.09. The second kappa shape index (κ2) is 7.51. The number of allylic oxidation sites excluding steroid dienone is 1. The Balaban J connectivity index is 1.78. The summed E-state index contributed by atoms with van der Waals surface area (Å²) in [5.41, 5.74) is 2.11. The van der Waals surface area contributed by atoms with Crippen molar-refractivity contribution in [2.45, 2.75) is 25.4 Å². The molecule has 104 valence electrons. The molecule has 0 aliphatic carbocycles. The van der Waals surface area contributed by atoms with Crippen LogP contribution < -0.4 is 0 Å². The van der Waals surface area contributed by atoms with Gasteiger partial charge in [-0.1, -0.05) is 60.7 Å². The van der Waals surface area contributed by atoms with Gasteiger partial charge >= 0.3 is 0 Å². The van der Waals surface area contributed by atoms with E-state index < -0.39 is 6.10 Å². The van der Waals surface area contributed by atoms with Crippen LogP contribution in [0.1, 0.15) is 17.5 Å². The van der Waals surface area contributed by atoms with Gasteiger partial charge in [0.15, 0.2) is 0 Å². The summed E-state index contributed by atoms with van der Waals surface area (Å²) in [6.07, 6.45) is 5.47. The normalized spacial score (nSPS) is 12.7. The molecule has 0 saturated carbocycles. The van der Waals surface area contributed by atoms with Gasteiger partial charge in [-0.3, -0.25) is 0 Å². The van der Waals surface area contributed by atoms with Crippen LogP contribution >= 0.6 is 0 Å². The molecule has 2 aromatic rings. The van der Waals surface area contributed by atoms with E-state index in [2.05, 4.69) is 12.1 Å². The molecule has 2 N–H and O–H groups in total. The molecule has 0 aliphatic heterocycles. The molecule has 1 atom stereocenters. The smallest absolute Gasteiger partial charge is 0.119 e. The first-order chi connectivity index (χ1) is 9.75. The number of aliphatic hydroxyl groups excluding tert-OH is 1. The molecule has 2 heteroatoms. The third-order valence-electron chi connectivity index (χ3n) is 3.26. The van der Waals surface area contributed by atoms with Gasteiger partial charge in [0.05, 0.1) is 6.10 Å². The Kier molecular flexibility index (Phi) is 5.39. The highest BCUT2D eigenvalue weighted by molar-refractivity contribution is 5.33. The van der Waals surface area contributed by atoms with Gasteiger partial charge in [0.25, 0.3) is 0 Å². The van der Waals surface area contributed by atoms with Crippen molar-refractivity contribution in [1.29, 1.82) is 0 Å².